The van der Waals surface area contributed by atoms with Gasteiger partial charge < -0.3 is 29.8 Å². The van der Waals surface area contributed by atoms with Crippen molar-refractivity contribution in [3.8, 4) is 17.3 Å². The first kappa shape index (κ1) is 26.5. The molecule has 0 spiro atoms. The molecular weight excluding hydrogens is 564 g/mol. The Kier molecular flexibility index (Phi) is 6.13. The van der Waals surface area contributed by atoms with Gasteiger partial charge in [-0.2, -0.15) is 0 Å². The minimum atomic E-state index is -0.00331. The number of imidazole rings is 1. The number of aromatic nitrogens is 5. The third kappa shape index (κ3) is 4.34. The van der Waals surface area contributed by atoms with Gasteiger partial charge in [0.2, 0.25) is 0 Å². The molecule has 4 aromatic heterocycles. The number of nitrogens with zero attached hydrogens (tertiary/aromatic N) is 6. The van der Waals surface area contributed by atoms with Crippen LogP contribution in [0.25, 0.3) is 33.6 Å². The van der Waals surface area contributed by atoms with Crippen LogP contribution in [-0.4, -0.2) is 60.6 Å². The molecule has 2 saturated carbocycles. The van der Waals surface area contributed by atoms with Crippen molar-refractivity contribution in [3.63, 3.8) is 0 Å². The van der Waals surface area contributed by atoms with E-state index in [1.165, 1.54) is 12.8 Å². The number of pyridine rings is 2. The molecule has 0 radical (unpaired) electrons. The SMILES string of the molecule is COc1cc(C(=O)N2C[C@H]3CC[C@@H]2[C@@H]3N)cc2nc(-c3cc4ccc(Nc5ccncc5Cl)nc4n3CC3CC3)n(C)c12. The van der Waals surface area contributed by atoms with Gasteiger partial charge in [-0.05, 0) is 73.9 Å². The number of hydrogen-bond acceptors (Lipinski definition) is 7. The zero-order valence-electron chi connectivity index (χ0n) is 24.1. The molecule has 11 heteroatoms. The van der Waals surface area contributed by atoms with Crippen LogP contribution in [0, 0.1) is 11.8 Å². The predicted molar refractivity (Wildman–Crippen MR) is 167 cm³/mol. The highest BCUT2D eigenvalue weighted by atomic mass is 35.5. The summed E-state index contributed by atoms with van der Waals surface area (Å²) in [6.45, 7) is 1.57. The van der Waals surface area contributed by atoms with Crippen LogP contribution in [0.1, 0.15) is 36.0 Å². The zero-order valence-corrected chi connectivity index (χ0v) is 24.9. The van der Waals surface area contributed by atoms with Crippen molar-refractivity contribution in [1.29, 1.82) is 0 Å². The van der Waals surface area contributed by atoms with E-state index in [2.05, 4.69) is 31.6 Å². The Labute approximate surface area is 253 Å². The van der Waals surface area contributed by atoms with Crippen LogP contribution >= 0.6 is 11.6 Å². The van der Waals surface area contributed by atoms with Gasteiger partial charge >= 0.3 is 0 Å². The molecule has 43 heavy (non-hydrogen) atoms. The second-order valence-electron chi connectivity index (χ2n) is 12.2. The lowest BCUT2D eigenvalue weighted by molar-refractivity contribution is 0.0700. The Morgan fingerprint density at radius 2 is 2.00 bits per heavy atom. The summed E-state index contributed by atoms with van der Waals surface area (Å²) in [5.41, 5.74) is 11.2. The van der Waals surface area contributed by atoms with Crippen LogP contribution < -0.4 is 15.8 Å². The lowest BCUT2D eigenvalue weighted by Gasteiger charge is -2.27. The fourth-order valence-electron chi connectivity index (χ4n) is 7.01. The summed E-state index contributed by atoms with van der Waals surface area (Å²) >= 11 is 6.35. The summed E-state index contributed by atoms with van der Waals surface area (Å²) in [6.07, 6.45) is 7.78. The van der Waals surface area contributed by atoms with E-state index in [4.69, 9.17) is 32.0 Å². The Balaban J connectivity index is 1.21. The molecule has 0 unspecified atom stereocenters. The third-order valence-corrected chi connectivity index (χ3v) is 9.76. The average molecular weight is 597 g/mol. The topological polar surface area (TPSA) is 116 Å². The Bertz CT molecular complexity index is 1910. The molecule has 3 aliphatic rings. The van der Waals surface area contributed by atoms with Crippen LogP contribution in [0.4, 0.5) is 11.5 Å². The van der Waals surface area contributed by atoms with E-state index in [1.54, 1.807) is 19.5 Å². The summed E-state index contributed by atoms with van der Waals surface area (Å²) in [4.78, 5) is 29.8. The van der Waals surface area contributed by atoms with Crippen molar-refractivity contribution in [2.75, 3.05) is 19.0 Å². The molecule has 1 aromatic carbocycles. The van der Waals surface area contributed by atoms with Crippen LogP contribution in [0.5, 0.6) is 5.75 Å². The number of nitrogens with one attached hydrogen (secondary N) is 1. The first-order valence-corrected chi connectivity index (χ1v) is 15.3. The number of carbonyl (C=O) groups excluding carboxylic acids is 1. The molecule has 1 aliphatic heterocycles. The van der Waals surface area contributed by atoms with Crippen molar-refractivity contribution < 1.29 is 9.53 Å². The van der Waals surface area contributed by atoms with Crippen LogP contribution in [0.3, 0.4) is 0 Å². The van der Waals surface area contributed by atoms with Crippen molar-refractivity contribution in [2.24, 2.45) is 24.6 Å². The number of rotatable bonds is 7. The van der Waals surface area contributed by atoms with Gasteiger partial charge in [-0.15, -0.1) is 0 Å². The monoisotopic (exact) mass is 596 g/mol. The predicted octanol–water partition coefficient (Wildman–Crippen LogP) is 5.36. The highest BCUT2D eigenvalue weighted by Gasteiger charge is 2.47. The Morgan fingerprint density at radius 3 is 2.72 bits per heavy atom. The minimum absolute atomic E-state index is 0.00331. The van der Waals surface area contributed by atoms with Gasteiger partial charge in [0.25, 0.3) is 5.91 Å². The number of amides is 1. The maximum absolute atomic E-state index is 13.7. The van der Waals surface area contributed by atoms with Gasteiger partial charge in [0.1, 0.15) is 22.7 Å². The highest BCUT2D eigenvalue weighted by molar-refractivity contribution is 6.33. The Morgan fingerprint density at radius 1 is 1.14 bits per heavy atom. The number of anilines is 2. The minimum Gasteiger partial charge on any atom is -0.494 e. The van der Waals surface area contributed by atoms with Crippen molar-refractivity contribution >= 4 is 51.1 Å². The average Bonchev–Trinajstić information content (AvgIpc) is 3.42. The summed E-state index contributed by atoms with van der Waals surface area (Å²) in [7, 11) is 3.64. The van der Waals surface area contributed by atoms with Crippen molar-refractivity contribution in [2.45, 2.75) is 44.3 Å². The van der Waals surface area contributed by atoms with Crippen LogP contribution in [0.15, 0.2) is 48.8 Å². The quantitative estimate of drug-likeness (QED) is 0.260. The van der Waals surface area contributed by atoms with Crippen LogP contribution in [0.2, 0.25) is 5.02 Å². The van der Waals surface area contributed by atoms with E-state index in [-0.39, 0.29) is 18.0 Å². The fraction of sp³-hybridized carbons (Fsp3) is 0.375. The number of halogens is 1. The highest BCUT2D eigenvalue weighted by Crippen LogP contribution is 2.40. The maximum Gasteiger partial charge on any atom is 0.254 e. The van der Waals surface area contributed by atoms with E-state index >= 15 is 0 Å². The van der Waals surface area contributed by atoms with Crippen molar-refractivity contribution in [3.05, 3.63) is 59.4 Å². The number of hydrogen-bond donors (Lipinski definition) is 2. The van der Waals surface area contributed by atoms with Crippen LogP contribution in [-0.2, 0) is 13.6 Å². The summed E-state index contributed by atoms with van der Waals surface area (Å²) in [6, 6.07) is 11.9. The third-order valence-electron chi connectivity index (χ3n) is 9.46. The van der Waals surface area contributed by atoms with Gasteiger partial charge in [0, 0.05) is 55.6 Å². The molecule has 3 N–H and O–H groups in total. The number of likely N-dealkylation sites (tertiary alicyclic amines) is 1. The number of fused-ring (bicyclic) bond motifs is 4. The molecule has 10 nitrogen and oxygen atoms in total. The smallest absolute Gasteiger partial charge is 0.254 e. The second-order valence-corrected chi connectivity index (χ2v) is 12.6. The first-order valence-electron chi connectivity index (χ1n) is 14.9. The number of ether oxygens (including phenoxy) is 1. The van der Waals surface area contributed by atoms with E-state index in [1.807, 2.05) is 36.2 Å². The summed E-state index contributed by atoms with van der Waals surface area (Å²) in [5, 5.41) is 4.89. The van der Waals surface area contributed by atoms with E-state index in [0.717, 1.165) is 65.2 Å². The number of carbonyl (C=O) groups is 1. The molecule has 220 valence electrons. The first-order chi connectivity index (χ1) is 20.9. The van der Waals surface area contributed by atoms with Gasteiger partial charge in [0.05, 0.1) is 29.0 Å². The van der Waals surface area contributed by atoms with Crippen molar-refractivity contribution in [1.82, 2.24) is 29.0 Å². The molecule has 5 aromatic rings. The lowest BCUT2D eigenvalue weighted by atomic mass is 10.1. The molecule has 2 aliphatic carbocycles. The molecular formula is C32H33ClN8O2. The van der Waals surface area contributed by atoms with Gasteiger partial charge in [0.15, 0.2) is 5.82 Å². The van der Waals surface area contributed by atoms with E-state index in [9.17, 15) is 4.79 Å². The molecule has 1 amide bonds. The number of methoxy groups -OCH3 is 1. The maximum atomic E-state index is 13.7. The Hall–Kier alpha value is -4.15. The largest absolute Gasteiger partial charge is 0.494 e. The number of benzene rings is 1. The number of piperidine rings is 1. The normalized spacial score (nSPS) is 21.3. The standard InChI is InChI=1S/C32H33ClN8O2/c1-39-29-23(11-20(13-26(29)43-2)32(42)41-16-19-5-7-24(41)28(19)34)37-31(39)25-12-18-6-8-27(36-22-9-10-35-14-21(22)33)38-30(18)40(25)15-17-3-4-17/h6,8-14,17,19,24,28H,3-5,7,15-16,34H2,1-2H3,(H,35,36,38)/t19-,24-,28-/m1/s1. The second kappa shape index (κ2) is 9.96. The summed E-state index contributed by atoms with van der Waals surface area (Å²) < 4.78 is 10.2. The van der Waals surface area contributed by atoms with E-state index in [0.29, 0.717) is 34.0 Å². The molecule has 1 saturated heterocycles. The van der Waals surface area contributed by atoms with Gasteiger partial charge in [-0.3, -0.25) is 9.78 Å². The molecule has 3 fully saturated rings. The molecule has 5 heterocycles. The lowest BCUT2D eigenvalue weighted by Crippen LogP contribution is -2.41. The molecule has 8 rings (SSSR count). The van der Waals surface area contributed by atoms with Gasteiger partial charge in [-0.25, -0.2) is 9.97 Å². The zero-order chi connectivity index (χ0) is 29.4. The van der Waals surface area contributed by atoms with Gasteiger partial charge in [-0.1, -0.05) is 11.6 Å². The molecule has 3 atom stereocenters. The number of aryl methyl sites for hydroxylation is 1. The molecule has 2 bridgehead atoms. The summed E-state index contributed by atoms with van der Waals surface area (Å²) in [5.74, 6) is 3.12. The fourth-order valence-corrected chi connectivity index (χ4v) is 7.17. The number of nitrogens with two attached hydrogens (primary N) is 1. The van der Waals surface area contributed by atoms with E-state index < -0.39 is 0 Å².